The fourth-order valence-electron chi connectivity index (χ4n) is 2.60. The number of aliphatic hydroxyl groups excluding tert-OH is 2. The number of nitrogens with one attached hydrogen (secondary N) is 2. The van der Waals surface area contributed by atoms with E-state index in [0.29, 0.717) is 11.4 Å². The van der Waals surface area contributed by atoms with Gasteiger partial charge in [0.1, 0.15) is 34.5 Å². The summed E-state index contributed by atoms with van der Waals surface area (Å²) in [4.78, 5) is 0. The predicted octanol–water partition coefficient (Wildman–Crippen LogP) is 0.127. The summed E-state index contributed by atoms with van der Waals surface area (Å²) in [5.41, 5.74) is 13.3. The maximum absolute atomic E-state index is 10.1. The Balaban J connectivity index is 1.87. The number of benzene rings is 1. The van der Waals surface area contributed by atoms with Gasteiger partial charge in [-0.25, -0.2) is 9.36 Å². The molecule has 0 saturated heterocycles. The Morgan fingerprint density at radius 1 is 0.750 bits per heavy atom. The molecule has 0 saturated carbocycles. The molecule has 1 aromatic carbocycles. The molecule has 0 aliphatic heterocycles. The molecule has 0 radical (unpaired) electrons. The van der Waals surface area contributed by atoms with Crippen molar-refractivity contribution in [2.24, 2.45) is 0 Å². The number of aromatic nitrogens is 4. The number of aliphatic hydroxyl groups is 2. The average molecular weight is 390 g/mol. The van der Waals surface area contributed by atoms with E-state index in [-0.39, 0.29) is 60.8 Å². The lowest BCUT2D eigenvalue weighted by atomic mass is 10.2. The third kappa shape index (κ3) is 3.72. The monoisotopic (exact) mass is 390 g/mol. The zero-order valence-corrected chi connectivity index (χ0v) is 14.9. The van der Waals surface area contributed by atoms with Crippen LogP contribution < -0.4 is 22.1 Å². The molecule has 0 aliphatic rings. The maximum Gasteiger partial charge on any atom is 0.145 e. The Labute approximate surface area is 159 Å². The van der Waals surface area contributed by atoms with Gasteiger partial charge in [0.05, 0.1) is 50.1 Å². The van der Waals surface area contributed by atoms with Crippen LogP contribution in [0.4, 0.5) is 34.4 Å². The Bertz CT molecular complexity index is 894. The third-order valence-electron chi connectivity index (χ3n) is 4.04. The third-order valence-corrected chi connectivity index (χ3v) is 4.04. The van der Waals surface area contributed by atoms with Crippen molar-refractivity contribution in [2.45, 2.75) is 13.1 Å². The van der Waals surface area contributed by atoms with Gasteiger partial charge in [-0.2, -0.15) is 10.2 Å². The van der Waals surface area contributed by atoms with Crippen LogP contribution in [0.2, 0.25) is 0 Å². The molecule has 0 atom stereocenters. The van der Waals surface area contributed by atoms with Gasteiger partial charge in [-0.1, -0.05) is 0 Å². The first-order valence-electron chi connectivity index (χ1n) is 8.39. The lowest BCUT2D eigenvalue weighted by molar-refractivity contribution is 0.270. The van der Waals surface area contributed by atoms with E-state index in [1.165, 1.54) is 27.8 Å². The topological polar surface area (TPSA) is 193 Å². The van der Waals surface area contributed by atoms with Crippen LogP contribution in [-0.4, -0.2) is 53.2 Å². The molecule has 0 unspecified atom stereocenters. The fourth-order valence-corrected chi connectivity index (χ4v) is 2.60. The number of hydrogen-bond acceptors (Lipinski definition) is 10. The zero-order chi connectivity index (χ0) is 20.3. The van der Waals surface area contributed by atoms with E-state index < -0.39 is 0 Å². The minimum atomic E-state index is -0.207. The van der Waals surface area contributed by atoms with Gasteiger partial charge in [-0.05, 0) is 6.07 Å². The van der Waals surface area contributed by atoms with Crippen LogP contribution in [0, 0.1) is 0 Å². The molecule has 0 bridgehead atoms. The van der Waals surface area contributed by atoms with Crippen LogP contribution in [0.5, 0.6) is 11.5 Å². The Kier molecular flexibility index (Phi) is 5.42. The van der Waals surface area contributed by atoms with Crippen molar-refractivity contribution < 1.29 is 20.4 Å². The molecule has 0 spiro atoms. The first-order valence-corrected chi connectivity index (χ1v) is 8.39. The number of aromatic hydroxyl groups is 2. The zero-order valence-electron chi connectivity index (χ0n) is 14.9. The highest BCUT2D eigenvalue weighted by Crippen LogP contribution is 2.39. The number of anilines is 6. The van der Waals surface area contributed by atoms with Crippen molar-refractivity contribution in [3.8, 4) is 11.5 Å². The van der Waals surface area contributed by atoms with Gasteiger partial charge in [0.2, 0.25) is 0 Å². The summed E-state index contributed by atoms with van der Waals surface area (Å²) in [7, 11) is 0. The summed E-state index contributed by atoms with van der Waals surface area (Å²) < 4.78 is 2.82. The van der Waals surface area contributed by atoms with Gasteiger partial charge in [0, 0.05) is 6.07 Å². The van der Waals surface area contributed by atoms with Gasteiger partial charge in [-0.3, -0.25) is 0 Å². The molecule has 12 nitrogen and oxygen atoms in total. The van der Waals surface area contributed by atoms with E-state index in [4.69, 9.17) is 21.7 Å². The second-order valence-corrected chi connectivity index (χ2v) is 5.92. The molecule has 0 fully saturated rings. The smallest absolute Gasteiger partial charge is 0.145 e. The van der Waals surface area contributed by atoms with E-state index in [2.05, 4.69) is 20.8 Å². The van der Waals surface area contributed by atoms with Crippen LogP contribution in [0.15, 0.2) is 24.5 Å². The van der Waals surface area contributed by atoms with Crippen molar-refractivity contribution in [2.75, 3.05) is 35.3 Å². The number of hydrogen-bond donors (Lipinski definition) is 8. The highest BCUT2D eigenvalue weighted by molar-refractivity contribution is 5.81. The van der Waals surface area contributed by atoms with Gasteiger partial charge in [0.15, 0.2) is 0 Å². The van der Waals surface area contributed by atoms with Crippen LogP contribution in [-0.2, 0) is 13.1 Å². The Morgan fingerprint density at radius 3 is 1.57 bits per heavy atom. The Hall–Kier alpha value is -3.64. The number of rotatable bonds is 8. The molecular weight excluding hydrogens is 368 g/mol. The number of phenolic OH excluding ortho intramolecular Hbond substituents is 2. The van der Waals surface area contributed by atoms with Crippen molar-refractivity contribution in [1.82, 2.24) is 19.6 Å². The summed E-state index contributed by atoms with van der Waals surface area (Å²) in [5, 5.41) is 52.3. The normalized spacial score (nSPS) is 10.9. The number of phenols is 2. The van der Waals surface area contributed by atoms with E-state index in [0.717, 1.165) is 6.07 Å². The molecule has 28 heavy (non-hydrogen) atoms. The van der Waals surface area contributed by atoms with Crippen molar-refractivity contribution in [3.63, 3.8) is 0 Å². The summed E-state index contributed by atoms with van der Waals surface area (Å²) in [5.74, 6) is 0.152. The SMILES string of the molecule is Nc1c(Nc2cc(Nc3cnn(CCO)c3N)c(O)cc2O)cnn1CCO. The highest BCUT2D eigenvalue weighted by Gasteiger charge is 2.15. The van der Waals surface area contributed by atoms with E-state index in [1.807, 2.05) is 0 Å². The van der Waals surface area contributed by atoms with E-state index in [1.54, 1.807) is 0 Å². The highest BCUT2D eigenvalue weighted by atomic mass is 16.3. The molecule has 10 N–H and O–H groups in total. The largest absolute Gasteiger partial charge is 0.506 e. The Morgan fingerprint density at radius 2 is 1.18 bits per heavy atom. The summed E-state index contributed by atoms with van der Waals surface area (Å²) >= 11 is 0. The lowest BCUT2D eigenvalue weighted by Gasteiger charge is -2.13. The molecular formula is C16H22N8O4. The van der Waals surface area contributed by atoms with Crippen molar-refractivity contribution in [3.05, 3.63) is 24.5 Å². The van der Waals surface area contributed by atoms with Gasteiger partial charge in [-0.15, -0.1) is 0 Å². The van der Waals surface area contributed by atoms with Crippen LogP contribution in [0.3, 0.4) is 0 Å². The van der Waals surface area contributed by atoms with Crippen molar-refractivity contribution in [1.29, 1.82) is 0 Å². The summed E-state index contributed by atoms with van der Waals surface area (Å²) in [6.07, 6.45) is 2.92. The first-order chi connectivity index (χ1) is 13.4. The van der Waals surface area contributed by atoms with Crippen LogP contribution >= 0.6 is 0 Å². The standard InChI is InChI=1S/C16H22N8O4/c17-15-11(7-19-23(15)1-3-25)21-9-5-10(14(28)6-13(9)27)22-12-8-20-24(2-4-26)16(12)18/h5-8,21-22,25-28H,1-4,17-18H2. The number of nitrogens with zero attached hydrogens (tertiary/aromatic N) is 4. The first kappa shape index (κ1) is 19.1. The summed E-state index contributed by atoms with van der Waals surface area (Å²) in [6, 6.07) is 2.63. The lowest BCUT2D eigenvalue weighted by Crippen LogP contribution is -2.08. The minimum absolute atomic E-state index is 0.116. The van der Waals surface area contributed by atoms with E-state index >= 15 is 0 Å². The quantitative estimate of drug-likeness (QED) is 0.193. The number of nitrogens with two attached hydrogens (primary N) is 2. The van der Waals surface area contributed by atoms with Gasteiger partial charge >= 0.3 is 0 Å². The minimum Gasteiger partial charge on any atom is -0.506 e. The predicted molar refractivity (Wildman–Crippen MR) is 104 cm³/mol. The second-order valence-electron chi connectivity index (χ2n) is 5.92. The van der Waals surface area contributed by atoms with Crippen molar-refractivity contribution >= 4 is 34.4 Å². The fraction of sp³-hybridized carbons (Fsp3) is 0.250. The molecule has 0 amide bonds. The van der Waals surface area contributed by atoms with Crippen LogP contribution in [0.1, 0.15) is 0 Å². The molecule has 12 heteroatoms. The molecule has 0 aliphatic carbocycles. The van der Waals surface area contributed by atoms with Crippen LogP contribution in [0.25, 0.3) is 0 Å². The van der Waals surface area contributed by atoms with Gasteiger partial charge < -0.3 is 42.5 Å². The molecule has 150 valence electrons. The molecule has 2 heterocycles. The molecule has 3 rings (SSSR count). The van der Waals surface area contributed by atoms with E-state index in [9.17, 15) is 10.2 Å². The average Bonchev–Trinajstić information content (AvgIpc) is 3.17. The molecule has 2 aromatic heterocycles. The maximum atomic E-state index is 10.1. The van der Waals surface area contributed by atoms with Gasteiger partial charge in [0.25, 0.3) is 0 Å². The molecule has 3 aromatic rings. The summed E-state index contributed by atoms with van der Waals surface area (Å²) in [6.45, 7) is 0.239. The second kappa shape index (κ2) is 7.94. The number of nitrogen functional groups attached to an aromatic ring is 2.